The molecule has 1 unspecified atom stereocenters. The van der Waals surface area contributed by atoms with E-state index in [9.17, 15) is 0 Å². The molecule has 15 heavy (non-hydrogen) atoms. The highest BCUT2D eigenvalue weighted by molar-refractivity contribution is 6.35. The van der Waals surface area contributed by atoms with E-state index < -0.39 is 0 Å². The van der Waals surface area contributed by atoms with Gasteiger partial charge in [0.15, 0.2) is 0 Å². The minimum Gasteiger partial charge on any atom is -0.329 e. The first-order chi connectivity index (χ1) is 7.19. The molecule has 0 aliphatic carbocycles. The van der Waals surface area contributed by atoms with Crippen LogP contribution in [0.15, 0.2) is 18.2 Å². The standard InChI is InChI=1S/C11H12Cl2N2/c1-2-5-15-11(7-14)9-4-3-8(12)6-10(9)13/h1,3-4,6,11,15H,5,7,14H2. The predicted octanol–water partition coefficient (Wildman–Crippen LogP) is 2.22. The number of hydrogen-bond donors (Lipinski definition) is 2. The SMILES string of the molecule is C#CCNC(CN)c1ccc(Cl)cc1Cl. The summed E-state index contributed by atoms with van der Waals surface area (Å²) >= 11 is 11.9. The van der Waals surface area contributed by atoms with Crippen molar-refractivity contribution in [3.63, 3.8) is 0 Å². The van der Waals surface area contributed by atoms with Crippen molar-refractivity contribution in [3.8, 4) is 12.3 Å². The molecule has 1 aromatic rings. The lowest BCUT2D eigenvalue weighted by atomic mass is 10.1. The van der Waals surface area contributed by atoms with Gasteiger partial charge in [0.2, 0.25) is 0 Å². The van der Waals surface area contributed by atoms with Gasteiger partial charge in [0.1, 0.15) is 0 Å². The average Bonchev–Trinajstić information content (AvgIpc) is 2.21. The minimum atomic E-state index is -0.0363. The quantitative estimate of drug-likeness (QED) is 0.795. The maximum atomic E-state index is 6.05. The third-order valence-corrected chi connectivity index (χ3v) is 2.59. The highest BCUT2D eigenvalue weighted by Gasteiger charge is 2.11. The largest absolute Gasteiger partial charge is 0.329 e. The van der Waals surface area contributed by atoms with Crippen LogP contribution in [0.25, 0.3) is 0 Å². The van der Waals surface area contributed by atoms with Crippen LogP contribution in [0.4, 0.5) is 0 Å². The second-order valence-electron chi connectivity index (χ2n) is 3.04. The van der Waals surface area contributed by atoms with Gasteiger partial charge < -0.3 is 5.73 Å². The number of rotatable bonds is 4. The Morgan fingerprint density at radius 2 is 2.20 bits per heavy atom. The summed E-state index contributed by atoms with van der Waals surface area (Å²) in [5, 5.41) is 4.31. The van der Waals surface area contributed by atoms with Crippen LogP contribution in [0.1, 0.15) is 11.6 Å². The molecule has 2 nitrogen and oxygen atoms in total. The topological polar surface area (TPSA) is 38.0 Å². The van der Waals surface area contributed by atoms with Crippen molar-refractivity contribution in [2.24, 2.45) is 5.73 Å². The molecule has 1 rings (SSSR count). The van der Waals surface area contributed by atoms with Crippen LogP contribution >= 0.6 is 23.2 Å². The Hall–Kier alpha value is -0.720. The van der Waals surface area contributed by atoms with E-state index in [1.165, 1.54) is 0 Å². The molecular weight excluding hydrogens is 231 g/mol. The average molecular weight is 243 g/mol. The van der Waals surface area contributed by atoms with Crippen molar-refractivity contribution in [3.05, 3.63) is 33.8 Å². The summed E-state index contributed by atoms with van der Waals surface area (Å²) < 4.78 is 0. The van der Waals surface area contributed by atoms with E-state index >= 15 is 0 Å². The minimum absolute atomic E-state index is 0.0363. The Morgan fingerprint density at radius 3 is 2.73 bits per heavy atom. The van der Waals surface area contributed by atoms with Crippen molar-refractivity contribution in [1.29, 1.82) is 0 Å². The van der Waals surface area contributed by atoms with Crippen molar-refractivity contribution in [1.82, 2.24) is 5.32 Å². The number of nitrogens with two attached hydrogens (primary N) is 1. The summed E-state index contributed by atoms with van der Waals surface area (Å²) in [6.45, 7) is 0.893. The molecule has 0 heterocycles. The second-order valence-corrected chi connectivity index (χ2v) is 3.88. The van der Waals surface area contributed by atoms with Gasteiger partial charge in [-0.1, -0.05) is 35.2 Å². The van der Waals surface area contributed by atoms with Crippen LogP contribution in [-0.2, 0) is 0 Å². The van der Waals surface area contributed by atoms with E-state index in [4.69, 9.17) is 35.4 Å². The van der Waals surface area contributed by atoms with Gasteiger partial charge in [-0.25, -0.2) is 0 Å². The Bertz CT molecular complexity index is 371. The Morgan fingerprint density at radius 1 is 1.47 bits per heavy atom. The highest BCUT2D eigenvalue weighted by atomic mass is 35.5. The second kappa shape index (κ2) is 5.99. The van der Waals surface area contributed by atoms with Crippen LogP contribution < -0.4 is 11.1 Å². The van der Waals surface area contributed by atoms with Crippen molar-refractivity contribution >= 4 is 23.2 Å². The van der Waals surface area contributed by atoms with Crippen LogP contribution in [0.5, 0.6) is 0 Å². The molecule has 0 aromatic heterocycles. The van der Waals surface area contributed by atoms with Gasteiger partial charge in [-0.05, 0) is 17.7 Å². The predicted molar refractivity (Wildman–Crippen MR) is 65.1 cm³/mol. The lowest BCUT2D eigenvalue weighted by Gasteiger charge is -2.17. The zero-order valence-corrected chi connectivity index (χ0v) is 9.65. The third kappa shape index (κ3) is 3.40. The summed E-state index contributed by atoms with van der Waals surface area (Å²) in [7, 11) is 0. The van der Waals surface area contributed by atoms with Crippen LogP contribution in [-0.4, -0.2) is 13.1 Å². The van der Waals surface area contributed by atoms with Crippen LogP contribution in [0.3, 0.4) is 0 Å². The molecule has 0 aliphatic heterocycles. The molecule has 80 valence electrons. The van der Waals surface area contributed by atoms with Gasteiger partial charge in [-0.2, -0.15) is 0 Å². The van der Waals surface area contributed by atoms with Gasteiger partial charge >= 0.3 is 0 Å². The molecule has 1 atom stereocenters. The number of nitrogens with one attached hydrogen (secondary N) is 1. The molecule has 0 saturated carbocycles. The van der Waals surface area contributed by atoms with E-state index in [0.717, 1.165) is 5.56 Å². The van der Waals surface area contributed by atoms with Crippen LogP contribution in [0.2, 0.25) is 10.0 Å². The first-order valence-corrected chi connectivity index (χ1v) is 5.26. The zero-order chi connectivity index (χ0) is 11.3. The van der Waals surface area contributed by atoms with Crippen molar-refractivity contribution in [2.75, 3.05) is 13.1 Å². The maximum absolute atomic E-state index is 6.05. The smallest absolute Gasteiger partial charge is 0.0578 e. The first-order valence-electron chi connectivity index (χ1n) is 4.51. The first kappa shape index (κ1) is 12.4. The molecule has 0 radical (unpaired) electrons. The Balaban J connectivity index is 2.87. The lowest BCUT2D eigenvalue weighted by molar-refractivity contribution is 0.582. The molecule has 3 N–H and O–H groups in total. The number of halogens is 2. The summed E-state index contributed by atoms with van der Waals surface area (Å²) in [6, 6.07) is 5.29. The van der Waals surface area contributed by atoms with E-state index in [0.29, 0.717) is 23.1 Å². The fourth-order valence-corrected chi connectivity index (χ4v) is 1.83. The van der Waals surface area contributed by atoms with Crippen molar-refractivity contribution < 1.29 is 0 Å². The zero-order valence-electron chi connectivity index (χ0n) is 8.13. The maximum Gasteiger partial charge on any atom is 0.0578 e. The molecule has 0 fully saturated rings. The number of benzene rings is 1. The molecule has 4 heteroatoms. The van der Waals surface area contributed by atoms with E-state index in [2.05, 4.69) is 11.2 Å². The Kier molecular flexibility index (Phi) is 4.93. The summed E-state index contributed by atoms with van der Waals surface area (Å²) in [5.74, 6) is 2.50. The summed E-state index contributed by atoms with van der Waals surface area (Å²) in [4.78, 5) is 0. The van der Waals surface area contributed by atoms with E-state index in [1.54, 1.807) is 12.1 Å². The van der Waals surface area contributed by atoms with Gasteiger partial charge in [-0.15, -0.1) is 6.42 Å². The molecule has 0 bridgehead atoms. The number of hydrogen-bond acceptors (Lipinski definition) is 2. The molecule has 0 spiro atoms. The molecule has 1 aromatic carbocycles. The summed E-state index contributed by atoms with van der Waals surface area (Å²) in [6.07, 6.45) is 5.16. The fraction of sp³-hybridized carbons (Fsp3) is 0.273. The molecule has 0 aliphatic rings. The monoisotopic (exact) mass is 242 g/mol. The Labute approximate surface area is 99.8 Å². The van der Waals surface area contributed by atoms with Gasteiger partial charge in [-0.3, -0.25) is 5.32 Å². The highest BCUT2D eigenvalue weighted by Crippen LogP contribution is 2.25. The van der Waals surface area contributed by atoms with Gasteiger partial charge in [0, 0.05) is 22.6 Å². The van der Waals surface area contributed by atoms with E-state index in [-0.39, 0.29) is 6.04 Å². The van der Waals surface area contributed by atoms with Crippen LogP contribution in [0, 0.1) is 12.3 Å². The number of terminal acetylenes is 1. The third-order valence-electron chi connectivity index (χ3n) is 2.02. The fourth-order valence-electron chi connectivity index (χ4n) is 1.29. The van der Waals surface area contributed by atoms with Gasteiger partial charge in [0.25, 0.3) is 0 Å². The normalized spacial score (nSPS) is 12.1. The van der Waals surface area contributed by atoms with Crippen molar-refractivity contribution in [2.45, 2.75) is 6.04 Å². The summed E-state index contributed by atoms with van der Waals surface area (Å²) in [5.41, 5.74) is 6.55. The molecule has 0 saturated heterocycles. The van der Waals surface area contributed by atoms with E-state index in [1.807, 2.05) is 6.07 Å². The lowest BCUT2D eigenvalue weighted by Crippen LogP contribution is -2.28. The van der Waals surface area contributed by atoms with Gasteiger partial charge in [0.05, 0.1) is 6.54 Å². The molecule has 0 amide bonds. The molecular formula is C11H12Cl2N2.